The lowest BCUT2D eigenvalue weighted by atomic mass is 10.1. The Morgan fingerprint density at radius 3 is 2.94 bits per heavy atom. The van der Waals surface area contributed by atoms with Crippen LogP contribution < -0.4 is 10.0 Å². The third kappa shape index (κ3) is 3.23. The highest BCUT2D eigenvalue weighted by Gasteiger charge is 2.21. The second-order valence-electron chi connectivity index (χ2n) is 4.62. The van der Waals surface area contributed by atoms with Gasteiger partial charge in [0.05, 0.1) is 4.90 Å². The molecule has 1 atom stereocenters. The van der Waals surface area contributed by atoms with Crippen LogP contribution in [0.15, 0.2) is 23.1 Å². The minimum absolute atomic E-state index is 0.265. The van der Waals surface area contributed by atoms with Gasteiger partial charge in [0, 0.05) is 11.6 Å². The summed E-state index contributed by atoms with van der Waals surface area (Å²) >= 11 is 5.85. The minimum atomic E-state index is -3.46. The van der Waals surface area contributed by atoms with Crippen molar-refractivity contribution in [3.63, 3.8) is 0 Å². The molecule has 18 heavy (non-hydrogen) atoms. The van der Waals surface area contributed by atoms with Crippen molar-refractivity contribution in [2.45, 2.75) is 18.2 Å². The first kappa shape index (κ1) is 13.8. The molecule has 2 rings (SSSR count). The van der Waals surface area contributed by atoms with Crippen molar-refractivity contribution < 1.29 is 8.42 Å². The van der Waals surface area contributed by atoms with E-state index >= 15 is 0 Å². The molecule has 0 saturated carbocycles. The molecular weight excluding hydrogens is 272 g/mol. The van der Waals surface area contributed by atoms with E-state index in [4.69, 9.17) is 11.6 Å². The number of nitrogens with one attached hydrogen (secondary N) is 2. The van der Waals surface area contributed by atoms with Gasteiger partial charge in [0.25, 0.3) is 0 Å². The monoisotopic (exact) mass is 288 g/mol. The van der Waals surface area contributed by atoms with Crippen LogP contribution in [-0.2, 0) is 10.0 Å². The van der Waals surface area contributed by atoms with E-state index in [9.17, 15) is 8.42 Å². The van der Waals surface area contributed by atoms with Gasteiger partial charge in [0.2, 0.25) is 10.0 Å². The summed E-state index contributed by atoms with van der Waals surface area (Å²) in [4.78, 5) is 0.265. The maximum atomic E-state index is 12.2. The van der Waals surface area contributed by atoms with Gasteiger partial charge in [0.1, 0.15) is 0 Å². The van der Waals surface area contributed by atoms with E-state index in [1.807, 2.05) is 0 Å². The van der Waals surface area contributed by atoms with Crippen LogP contribution in [0.2, 0.25) is 5.02 Å². The smallest absolute Gasteiger partial charge is 0.240 e. The fourth-order valence-electron chi connectivity index (χ4n) is 2.06. The summed E-state index contributed by atoms with van der Waals surface area (Å²) in [5.41, 5.74) is 0.705. The number of sulfonamides is 1. The Balaban J connectivity index is 2.12. The van der Waals surface area contributed by atoms with Gasteiger partial charge in [-0.05, 0) is 50.0 Å². The largest absolute Gasteiger partial charge is 0.316 e. The Hall–Kier alpha value is -0.620. The fourth-order valence-corrected chi connectivity index (χ4v) is 3.68. The molecule has 0 spiro atoms. The molecule has 0 aliphatic carbocycles. The predicted molar refractivity (Wildman–Crippen MR) is 72.4 cm³/mol. The van der Waals surface area contributed by atoms with E-state index in [1.54, 1.807) is 19.1 Å². The van der Waals surface area contributed by atoms with Crippen molar-refractivity contribution in [2.75, 3.05) is 19.6 Å². The van der Waals surface area contributed by atoms with E-state index in [0.29, 0.717) is 23.0 Å². The van der Waals surface area contributed by atoms with Crippen LogP contribution in [-0.4, -0.2) is 28.1 Å². The zero-order valence-electron chi connectivity index (χ0n) is 10.2. The molecular formula is C12H17ClN2O2S. The Bertz CT molecular complexity index is 525. The molecule has 4 nitrogen and oxygen atoms in total. The number of benzene rings is 1. The van der Waals surface area contributed by atoms with Crippen LogP contribution in [0, 0.1) is 12.8 Å². The minimum Gasteiger partial charge on any atom is -0.316 e. The molecule has 0 radical (unpaired) electrons. The summed E-state index contributed by atoms with van der Waals surface area (Å²) < 4.78 is 27.0. The van der Waals surface area contributed by atoms with Crippen molar-refractivity contribution in [1.82, 2.24) is 10.0 Å². The van der Waals surface area contributed by atoms with Crippen molar-refractivity contribution in [2.24, 2.45) is 5.92 Å². The van der Waals surface area contributed by atoms with E-state index in [1.165, 1.54) is 6.07 Å². The first-order valence-electron chi connectivity index (χ1n) is 5.95. The van der Waals surface area contributed by atoms with Gasteiger partial charge in [0.15, 0.2) is 0 Å². The molecule has 1 heterocycles. The zero-order valence-corrected chi connectivity index (χ0v) is 11.8. The number of hydrogen-bond acceptors (Lipinski definition) is 3. The summed E-state index contributed by atoms with van der Waals surface area (Å²) in [5.74, 6) is 0.374. The highest BCUT2D eigenvalue weighted by Crippen LogP contribution is 2.20. The topological polar surface area (TPSA) is 58.2 Å². The highest BCUT2D eigenvalue weighted by molar-refractivity contribution is 7.89. The summed E-state index contributed by atoms with van der Waals surface area (Å²) in [6.07, 6.45) is 1.01. The Morgan fingerprint density at radius 2 is 2.28 bits per heavy atom. The number of halogens is 1. The highest BCUT2D eigenvalue weighted by atomic mass is 35.5. The average Bonchev–Trinajstić information content (AvgIpc) is 2.83. The van der Waals surface area contributed by atoms with Crippen molar-refractivity contribution >= 4 is 21.6 Å². The lowest BCUT2D eigenvalue weighted by Gasteiger charge is -2.12. The van der Waals surface area contributed by atoms with E-state index in [2.05, 4.69) is 10.0 Å². The van der Waals surface area contributed by atoms with Gasteiger partial charge < -0.3 is 5.32 Å². The quantitative estimate of drug-likeness (QED) is 0.883. The molecule has 100 valence electrons. The molecule has 0 bridgehead atoms. The second kappa shape index (κ2) is 5.57. The third-order valence-electron chi connectivity index (χ3n) is 3.16. The van der Waals surface area contributed by atoms with Gasteiger partial charge in [-0.2, -0.15) is 0 Å². The van der Waals surface area contributed by atoms with E-state index in [-0.39, 0.29) is 4.90 Å². The van der Waals surface area contributed by atoms with Gasteiger partial charge >= 0.3 is 0 Å². The molecule has 2 N–H and O–H groups in total. The molecule has 1 saturated heterocycles. The van der Waals surface area contributed by atoms with Crippen LogP contribution in [0.3, 0.4) is 0 Å². The van der Waals surface area contributed by atoms with E-state index < -0.39 is 10.0 Å². The van der Waals surface area contributed by atoms with Crippen LogP contribution in [0.5, 0.6) is 0 Å². The molecule has 6 heteroatoms. The fraction of sp³-hybridized carbons (Fsp3) is 0.500. The molecule has 1 aromatic rings. The van der Waals surface area contributed by atoms with Crippen LogP contribution >= 0.6 is 11.6 Å². The normalized spacial score (nSPS) is 20.2. The van der Waals surface area contributed by atoms with Crippen LogP contribution in [0.1, 0.15) is 12.0 Å². The van der Waals surface area contributed by atoms with Crippen molar-refractivity contribution in [1.29, 1.82) is 0 Å². The standard InChI is InChI=1S/C12H17ClN2O2S/c1-9-2-3-11(13)6-12(9)18(16,17)15-8-10-4-5-14-7-10/h2-3,6,10,14-15H,4-5,7-8H2,1H3. The molecule has 1 aliphatic rings. The number of rotatable bonds is 4. The Labute approximate surface area is 113 Å². The maximum absolute atomic E-state index is 12.2. The lowest BCUT2D eigenvalue weighted by Crippen LogP contribution is -2.30. The first-order valence-corrected chi connectivity index (χ1v) is 7.82. The third-order valence-corrected chi connectivity index (χ3v) is 4.96. The average molecular weight is 289 g/mol. The van der Waals surface area contributed by atoms with Crippen LogP contribution in [0.4, 0.5) is 0 Å². The molecule has 1 aromatic carbocycles. The Kier molecular flexibility index (Phi) is 4.27. The summed E-state index contributed by atoms with van der Waals surface area (Å²) in [5, 5.41) is 3.65. The molecule has 0 aromatic heterocycles. The SMILES string of the molecule is Cc1ccc(Cl)cc1S(=O)(=O)NCC1CCNC1. The first-order chi connectivity index (χ1) is 8.49. The van der Waals surface area contributed by atoms with Crippen LogP contribution in [0.25, 0.3) is 0 Å². The number of aryl methyl sites for hydroxylation is 1. The van der Waals surface area contributed by atoms with Gasteiger partial charge in [-0.25, -0.2) is 13.1 Å². The van der Waals surface area contributed by atoms with Crippen molar-refractivity contribution in [3.05, 3.63) is 28.8 Å². The summed E-state index contributed by atoms with van der Waals surface area (Å²) in [6, 6.07) is 4.90. The Morgan fingerprint density at radius 1 is 1.50 bits per heavy atom. The van der Waals surface area contributed by atoms with Crippen molar-refractivity contribution in [3.8, 4) is 0 Å². The lowest BCUT2D eigenvalue weighted by molar-refractivity contribution is 0.538. The maximum Gasteiger partial charge on any atom is 0.240 e. The molecule has 1 unspecified atom stereocenters. The van der Waals surface area contributed by atoms with Gasteiger partial charge in [-0.15, -0.1) is 0 Å². The number of hydrogen-bond donors (Lipinski definition) is 2. The zero-order chi connectivity index (χ0) is 13.2. The second-order valence-corrected chi connectivity index (χ2v) is 6.79. The summed E-state index contributed by atoms with van der Waals surface area (Å²) in [6.45, 7) is 4.07. The molecule has 1 fully saturated rings. The predicted octanol–water partition coefficient (Wildman–Crippen LogP) is 1.54. The van der Waals surface area contributed by atoms with E-state index in [0.717, 1.165) is 19.5 Å². The van der Waals surface area contributed by atoms with Gasteiger partial charge in [-0.1, -0.05) is 17.7 Å². The molecule has 0 amide bonds. The molecule has 1 aliphatic heterocycles. The van der Waals surface area contributed by atoms with Gasteiger partial charge in [-0.3, -0.25) is 0 Å². The summed E-state index contributed by atoms with van der Waals surface area (Å²) in [7, 11) is -3.46.